The van der Waals surface area contributed by atoms with Gasteiger partial charge in [-0.3, -0.25) is 9.59 Å². The van der Waals surface area contributed by atoms with Gasteiger partial charge in [0.25, 0.3) is 5.91 Å². The van der Waals surface area contributed by atoms with E-state index in [4.69, 9.17) is 4.74 Å². The third-order valence-corrected chi connectivity index (χ3v) is 6.80. The highest BCUT2D eigenvalue weighted by molar-refractivity contribution is 9.10. The fraction of sp³-hybridized carbons (Fsp3) is 0.375. The molecule has 0 bridgehead atoms. The van der Waals surface area contributed by atoms with Crippen molar-refractivity contribution in [3.05, 3.63) is 99.8 Å². The number of halogens is 2. The monoisotopic (exact) mass is 596 g/mol. The minimum Gasteiger partial charge on any atom is -0.483 e. The van der Waals surface area contributed by atoms with Crippen molar-refractivity contribution in [3.63, 3.8) is 0 Å². The zero-order valence-electron chi connectivity index (χ0n) is 23.6. The summed E-state index contributed by atoms with van der Waals surface area (Å²) in [5.41, 5.74) is 2.24. The van der Waals surface area contributed by atoms with Gasteiger partial charge in [0.2, 0.25) is 5.91 Å². The van der Waals surface area contributed by atoms with Gasteiger partial charge in [-0.2, -0.15) is 0 Å². The van der Waals surface area contributed by atoms with Crippen LogP contribution < -0.4 is 10.1 Å². The third-order valence-electron chi connectivity index (χ3n) is 6.18. The molecular formula is C32H38BrFN2O3. The number of benzene rings is 3. The van der Waals surface area contributed by atoms with Gasteiger partial charge in [0.1, 0.15) is 17.6 Å². The summed E-state index contributed by atoms with van der Waals surface area (Å²) in [6.07, 6.45) is 0.319. The number of rotatable bonds is 9. The summed E-state index contributed by atoms with van der Waals surface area (Å²) in [6, 6.07) is 20.5. The molecule has 0 aliphatic rings. The lowest BCUT2D eigenvalue weighted by molar-refractivity contribution is -0.143. The largest absolute Gasteiger partial charge is 0.483 e. The molecule has 3 aromatic rings. The Bertz CT molecular complexity index is 1270. The summed E-state index contributed by atoms with van der Waals surface area (Å²) in [6.45, 7) is 11.9. The predicted octanol–water partition coefficient (Wildman–Crippen LogP) is 6.82. The second kappa shape index (κ2) is 12.8. The van der Waals surface area contributed by atoms with Crippen molar-refractivity contribution in [2.75, 3.05) is 6.61 Å². The van der Waals surface area contributed by atoms with Gasteiger partial charge in [-0.25, -0.2) is 4.39 Å². The van der Waals surface area contributed by atoms with Gasteiger partial charge in [-0.15, -0.1) is 0 Å². The number of carbonyl (C=O) groups is 2. The smallest absolute Gasteiger partial charge is 0.261 e. The summed E-state index contributed by atoms with van der Waals surface area (Å²) in [5, 5.41) is 3.03. The van der Waals surface area contributed by atoms with Crippen LogP contribution in [-0.4, -0.2) is 34.9 Å². The van der Waals surface area contributed by atoms with Gasteiger partial charge < -0.3 is 15.0 Å². The Balaban J connectivity index is 1.92. The number of hydrogen-bond donors (Lipinski definition) is 1. The summed E-state index contributed by atoms with van der Waals surface area (Å²) in [5.74, 6) is -0.444. The molecule has 2 amide bonds. The molecule has 3 aromatic carbocycles. The lowest BCUT2D eigenvalue weighted by atomic mass is 9.87. The zero-order chi connectivity index (χ0) is 28.8. The van der Waals surface area contributed by atoms with E-state index in [2.05, 4.69) is 42.0 Å². The van der Waals surface area contributed by atoms with Crippen molar-refractivity contribution < 1.29 is 18.7 Å². The summed E-state index contributed by atoms with van der Waals surface area (Å²) in [4.78, 5) is 28.9. The minimum absolute atomic E-state index is 0.0338. The molecule has 0 saturated heterocycles. The average molecular weight is 598 g/mol. The highest BCUT2D eigenvalue weighted by atomic mass is 79.9. The lowest BCUT2D eigenvalue weighted by Gasteiger charge is -2.33. The molecule has 0 aromatic heterocycles. The third kappa shape index (κ3) is 9.20. The fourth-order valence-corrected chi connectivity index (χ4v) is 4.59. The molecular weight excluding hydrogens is 559 g/mol. The van der Waals surface area contributed by atoms with Crippen LogP contribution in [0.25, 0.3) is 0 Å². The maximum atomic E-state index is 13.8. The topological polar surface area (TPSA) is 58.6 Å². The van der Waals surface area contributed by atoms with Crippen LogP contribution in [0, 0.1) is 5.82 Å². The Morgan fingerprint density at radius 1 is 0.923 bits per heavy atom. The average Bonchev–Trinajstić information content (AvgIpc) is 2.85. The van der Waals surface area contributed by atoms with Crippen LogP contribution in [0.3, 0.4) is 0 Å². The van der Waals surface area contributed by atoms with E-state index in [0.717, 1.165) is 15.6 Å². The van der Waals surface area contributed by atoms with Crippen molar-refractivity contribution in [2.45, 2.75) is 71.5 Å². The molecule has 5 nitrogen and oxygen atoms in total. The Morgan fingerprint density at radius 3 is 2.13 bits per heavy atom. The van der Waals surface area contributed by atoms with Gasteiger partial charge in [0, 0.05) is 18.5 Å². The first-order valence-electron chi connectivity index (χ1n) is 13.1. The van der Waals surface area contributed by atoms with Crippen molar-refractivity contribution in [2.24, 2.45) is 0 Å². The highest BCUT2D eigenvalue weighted by Gasteiger charge is 2.32. The van der Waals surface area contributed by atoms with Crippen LogP contribution in [0.15, 0.2) is 77.3 Å². The molecule has 7 heteroatoms. The van der Waals surface area contributed by atoms with Crippen molar-refractivity contribution in [3.8, 4) is 5.75 Å². The molecule has 0 saturated carbocycles. The summed E-state index contributed by atoms with van der Waals surface area (Å²) < 4.78 is 20.3. The van der Waals surface area contributed by atoms with Crippen LogP contribution in [-0.2, 0) is 28.0 Å². The summed E-state index contributed by atoms with van der Waals surface area (Å²) in [7, 11) is 0. The maximum Gasteiger partial charge on any atom is 0.261 e. The molecule has 3 rings (SSSR count). The second-order valence-corrected chi connectivity index (χ2v) is 12.6. The molecule has 0 heterocycles. The van der Waals surface area contributed by atoms with Crippen LogP contribution in [0.2, 0.25) is 0 Å². The number of nitrogens with one attached hydrogen (secondary N) is 1. The molecule has 1 atom stereocenters. The molecule has 0 unspecified atom stereocenters. The molecule has 0 spiro atoms. The Morgan fingerprint density at radius 2 is 1.56 bits per heavy atom. The van der Waals surface area contributed by atoms with Crippen LogP contribution in [0.5, 0.6) is 5.75 Å². The molecule has 1 N–H and O–H groups in total. The van der Waals surface area contributed by atoms with E-state index in [9.17, 15) is 14.0 Å². The van der Waals surface area contributed by atoms with E-state index in [-0.39, 0.29) is 36.2 Å². The summed E-state index contributed by atoms with van der Waals surface area (Å²) >= 11 is 3.57. The standard InChI is InChI=1S/C32H38BrFN2O3/c1-31(2,3)24-14-17-28(26(33)19-24)39-21-29(37)36(20-23-12-15-25(34)16-13-23)27(30(38)35-32(4,5)6)18-22-10-8-7-9-11-22/h7-17,19,27H,18,20-21H2,1-6H3,(H,35,38)/t27-/m1/s1. The first-order valence-corrected chi connectivity index (χ1v) is 13.8. The number of hydrogen-bond acceptors (Lipinski definition) is 3. The van der Waals surface area contributed by atoms with Crippen LogP contribution >= 0.6 is 15.9 Å². The van der Waals surface area contributed by atoms with E-state index in [1.54, 1.807) is 12.1 Å². The molecule has 0 aliphatic carbocycles. The van der Waals surface area contributed by atoms with Gasteiger partial charge >= 0.3 is 0 Å². The van der Waals surface area contributed by atoms with Crippen molar-refractivity contribution in [1.29, 1.82) is 0 Å². The molecule has 208 valence electrons. The molecule has 0 fully saturated rings. The minimum atomic E-state index is -0.806. The van der Waals surface area contributed by atoms with E-state index < -0.39 is 11.6 Å². The van der Waals surface area contributed by atoms with Crippen LogP contribution in [0.1, 0.15) is 58.2 Å². The molecule has 0 radical (unpaired) electrons. The number of nitrogens with zero attached hydrogens (tertiary/aromatic N) is 1. The van der Waals surface area contributed by atoms with E-state index in [1.807, 2.05) is 69.3 Å². The van der Waals surface area contributed by atoms with Crippen LogP contribution in [0.4, 0.5) is 4.39 Å². The Hall–Kier alpha value is -3.19. The van der Waals surface area contributed by atoms with Crippen molar-refractivity contribution in [1.82, 2.24) is 10.2 Å². The Kier molecular flexibility index (Phi) is 9.94. The number of ether oxygens (including phenoxy) is 1. The van der Waals surface area contributed by atoms with Gasteiger partial charge in [0.15, 0.2) is 6.61 Å². The lowest BCUT2D eigenvalue weighted by Crippen LogP contribution is -2.55. The maximum absolute atomic E-state index is 13.8. The second-order valence-electron chi connectivity index (χ2n) is 11.8. The number of carbonyl (C=O) groups excluding carboxylic acids is 2. The van der Waals surface area contributed by atoms with Gasteiger partial charge in [-0.1, -0.05) is 69.3 Å². The predicted molar refractivity (Wildman–Crippen MR) is 157 cm³/mol. The SMILES string of the molecule is CC(C)(C)NC(=O)[C@@H](Cc1ccccc1)N(Cc1ccc(F)cc1)C(=O)COc1ccc(C(C)(C)C)cc1Br. The van der Waals surface area contributed by atoms with Gasteiger partial charge in [-0.05, 0) is 83.1 Å². The van der Waals surface area contributed by atoms with E-state index in [0.29, 0.717) is 17.7 Å². The Labute approximate surface area is 239 Å². The first-order chi connectivity index (χ1) is 18.2. The quantitative estimate of drug-likeness (QED) is 0.295. The molecule has 0 aliphatic heterocycles. The zero-order valence-corrected chi connectivity index (χ0v) is 25.1. The molecule has 39 heavy (non-hydrogen) atoms. The first kappa shape index (κ1) is 30.4. The highest BCUT2D eigenvalue weighted by Crippen LogP contribution is 2.31. The van der Waals surface area contributed by atoms with Gasteiger partial charge in [0.05, 0.1) is 4.47 Å². The normalized spacial score (nSPS) is 12.5. The fourth-order valence-electron chi connectivity index (χ4n) is 4.10. The number of amides is 2. The van der Waals surface area contributed by atoms with Crippen molar-refractivity contribution >= 4 is 27.7 Å². The van der Waals surface area contributed by atoms with E-state index >= 15 is 0 Å². The van der Waals surface area contributed by atoms with E-state index in [1.165, 1.54) is 17.0 Å².